The minimum atomic E-state index is -2.15. The van der Waals surface area contributed by atoms with Crippen molar-refractivity contribution in [3.8, 4) is 11.1 Å². The Hall–Kier alpha value is -2.28. The van der Waals surface area contributed by atoms with Gasteiger partial charge in [-0.1, -0.05) is 54.1 Å². The SMILES string of the molecule is [2H]C([2H])([2H])c1cc(C)c(N(C(C)C)C(C)(C)C)c(-c2cccc3ccccc23)c1. The summed E-state index contributed by atoms with van der Waals surface area (Å²) in [5.74, 6) is 0. The second-order valence-electron chi connectivity index (χ2n) is 8.35. The molecule has 3 rings (SSSR count). The highest BCUT2D eigenvalue weighted by molar-refractivity contribution is 6.00. The number of hydrogen-bond acceptors (Lipinski definition) is 1. The zero-order valence-corrected chi connectivity index (χ0v) is 16.7. The average Bonchev–Trinajstić information content (AvgIpc) is 2.60. The molecule has 0 aliphatic heterocycles. The summed E-state index contributed by atoms with van der Waals surface area (Å²) in [6.45, 7) is 10.9. The Balaban J connectivity index is 2.44. The second-order valence-corrected chi connectivity index (χ2v) is 8.35. The van der Waals surface area contributed by atoms with Gasteiger partial charge >= 0.3 is 0 Å². The summed E-state index contributed by atoms with van der Waals surface area (Å²) in [5, 5.41) is 2.29. The number of benzene rings is 3. The van der Waals surface area contributed by atoms with Gasteiger partial charge in [0.1, 0.15) is 0 Å². The van der Waals surface area contributed by atoms with Crippen LogP contribution in [0, 0.1) is 13.8 Å². The van der Waals surface area contributed by atoms with E-state index in [-0.39, 0.29) is 11.6 Å². The summed E-state index contributed by atoms with van der Waals surface area (Å²) >= 11 is 0. The molecule has 136 valence electrons. The highest BCUT2D eigenvalue weighted by atomic mass is 15.2. The second kappa shape index (κ2) is 6.79. The van der Waals surface area contributed by atoms with Gasteiger partial charge in [0.25, 0.3) is 0 Å². The third-order valence-electron chi connectivity index (χ3n) is 4.86. The number of nitrogens with zero attached hydrogens (tertiary/aromatic N) is 1. The van der Waals surface area contributed by atoms with Crippen LogP contribution in [-0.2, 0) is 0 Å². The zero-order valence-electron chi connectivity index (χ0n) is 19.7. The Morgan fingerprint density at radius 3 is 2.27 bits per heavy atom. The van der Waals surface area contributed by atoms with Gasteiger partial charge < -0.3 is 4.90 Å². The van der Waals surface area contributed by atoms with Crippen molar-refractivity contribution in [3.63, 3.8) is 0 Å². The topological polar surface area (TPSA) is 3.24 Å². The summed E-state index contributed by atoms with van der Waals surface area (Å²) in [4.78, 5) is 2.41. The quantitative estimate of drug-likeness (QED) is 0.486. The highest BCUT2D eigenvalue weighted by Crippen LogP contribution is 2.41. The number of anilines is 1. The summed E-state index contributed by atoms with van der Waals surface area (Å²) in [7, 11) is 0. The monoisotopic (exact) mass is 348 g/mol. The summed E-state index contributed by atoms with van der Waals surface area (Å²) in [6, 6.07) is 18.5. The van der Waals surface area contributed by atoms with Gasteiger partial charge in [-0.2, -0.15) is 0 Å². The standard InChI is InChI=1S/C25H31N/c1-17(2)26(25(5,6)7)24-19(4)15-18(3)16-23(24)22-14-10-12-20-11-8-9-13-21(20)22/h8-17H,1-7H3/i3D3. The molecule has 0 radical (unpaired) electrons. The van der Waals surface area contributed by atoms with Crippen molar-refractivity contribution in [2.75, 3.05) is 4.90 Å². The van der Waals surface area contributed by atoms with E-state index in [4.69, 9.17) is 4.11 Å². The van der Waals surface area contributed by atoms with Crippen molar-refractivity contribution >= 4 is 16.5 Å². The molecule has 1 nitrogen and oxygen atoms in total. The van der Waals surface area contributed by atoms with Gasteiger partial charge in [-0.25, -0.2) is 0 Å². The van der Waals surface area contributed by atoms with E-state index in [0.29, 0.717) is 5.56 Å². The minimum Gasteiger partial charge on any atom is -0.364 e. The normalized spacial score (nSPS) is 14.2. The molecule has 0 saturated carbocycles. The smallest absolute Gasteiger partial charge is 0.0482 e. The molecule has 26 heavy (non-hydrogen) atoms. The molecule has 0 spiro atoms. The van der Waals surface area contributed by atoms with E-state index in [1.807, 2.05) is 31.2 Å². The van der Waals surface area contributed by atoms with Crippen LogP contribution < -0.4 is 4.90 Å². The van der Waals surface area contributed by atoms with Crippen LogP contribution in [0.5, 0.6) is 0 Å². The zero-order chi connectivity index (χ0) is 21.6. The van der Waals surface area contributed by atoms with Gasteiger partial charge in [-0.15, -0.1) is 0 Å². The van der Waals surface area contributed by atoms with E-state index in [9.17, 15) is 0 Å². The van der Waals surface area contributed by atoms with Crippen molar-refractivity contribution in [1.82, 2.24) is 0 Å². The largest absolute Gasteiger partial charge is 0.364 e. The van der Waals surface area contributed by atoms with Crippen LogP contribution >= 0.6 is 0 Å². The maximum Gasteiger partial charge on any atom is 0.0482 e. The van der Waals surface area contributed by atoms with E-state index < -0.39 is 6.85 Å². The fraction of sp³-hybridized carbons (Fsp3) is 0.360. The highest BCUT2D eigenvalue weighted by Gasteiger charge is 2.28. The van der Waals surface area contributed by atoms with Gasteiger partial charge in [0.05, 0.1) is 0 Å². The Morgan fingerprint density at radius 2 is 1.62 bits per heavy atom. The van der Waals surface area contributed by atoms with Gasteiger partial charge in [-0.3, -0.25) is 0 Å². The predicted octanol–water partition coefficient (Wildman–Crippen LogP) is 7.14. The number of aryl methyl sites for hydroxylation is 2. The molecule has 0 N–H and O–H groups in total. The van der Waals surface area contributed by atoms with Gasteiger partial charge in [0.15, 0.2) is 0 Å². The fourth-order valence-corrected chi connectivity index (χ4v) is 4.13. The van der Waals surface area contributed by atoms with Crippen molar-refractivity contribution in [1.29, 1.82) is 0 Å². The van der Waals surface area contributed by atoms with Crippen LogP contribution in [-0.4, -0.2) is 11.6 Å². The van der Waals surface area contributed by atoms with Crippen LogP contribution in [0.15, 0.2) is 54.6 Å². The molecule has 0 heterocycles. The molecule has 0 atom stereocenters. The third-order valence-corrected chi connectivity index (χ3v) is 4.86. The van der Waals surface area contributed by atoms with Crippen molar-refractivity contribution in [3.05, 3.63) is 65.7 Å². The van der Waals surface area contributed by atoms with E-state index >= 15 is 0 Å². The Bertz CT molecular complexity index is 1020. The van der Waals surface area contributed by atoms with E-state index in [2.05, 4.69) is 69.9 Å². The molecule has 0 saturated heterocycles. The molecule has 1 heteroatoms. The summed E-state index contributed by atoms with van der Waals surface area (Å²) in [5.41, 5.74) is 4.43. The molecular weight excluding hydrogens is 314 g/mol. The third kappa shape index (κ3) is 3.35. The van der Waals surface area contributed by atoms with Gasteiger partial charge in [-0.05, 0) is 76.4 Å². The van der Waals surface area contributed by atoms with E-state index in [0.717, 1.165) is 33.2 Å². The molecule has 0 aromatic heterocycles. The van der Waals surface area contributed by atoms with Crippen LogP contribution in [0.1, 0.15) is 49.9 Å². The molecule has 3 aromatic carbocycles. The Kier molecular flexibility index (Phi) is 3.88. The fourth-order valence-electron chi connectivity index (χ4n) is 4.13. The first-order valence-electron chi connectivity index (χ1n) is 10.8. The molecular formula is C25H31N. The number of rotatable bonds is 3. The molecule has 3 aromatic rings. The molecule has 0 aliphatic rings. The van der Waals surface area contributed by atoms with Gasteiger partial charge in [0.2, 0.25) is 0 Å². The lowest BCUT2D eigenvalue weighted by Gasteiger charge is -2.43. The lowest BCUT2D eigenvalue weighted by molar-refractivity contribution is 0.465. The maximum atomic E-state index is 8.00. The van der Waals surface area contributed by atoms with Crippen molar-refractivity contribution < 1.29 is 4.11 Å². The van der Waals surface area contributed by atoms with Gasteiger partial charge in [0, 0.05) is 26.9 Å². The molecule has 0 aliphatic carbocycles. The number of fused-ring (bicyclic) bond motifs is 1. The maximum absolute atomic E-state index is 8.00. The van der Waals surface area contributed by atoms with E-state index in [1.165, 1.54) is 0 Å². The first kappa shape index (κ1) is 14.8. The predicted molar refractivity (Wildman–Crippen MR) is 116 cm³/mol. The molecule has 0 fully saturated rings. The Morgan fingerprint density at radius 1 is 0.923 bits per heavy atom. The lowest BCUT2D eigenvalue weighted by Crippen LogP contribution is -2.46. The van der Waals surface area contributed by atoms with Crippen LogP contribution in [0.4, 0.5) is 5.69 Å². The summed E-state index contributed by atoms with van der Waals surface area (Å²) in [6.07, 6.45) is 0. The summed E-state index contributed by atoms with van der Waals surface area (Å²) < 4.78 is 24.0. The molecule has 0 amide bonds. The number of hydrogen-bond donors (Lipinski definition) is 0. The van der Waals surface area contributed by atoms with Crippen LogP contribution in [0.2, 0.25) is 0 Å². The van der Waals surface area contributed by atoms with Crippen LogP contribution in [0.3, 0.4) is 0 Å². The minimum absolute atomic E-state index is 0.111. The Labute approximate surface area is 162 Å². The first-order chi connectivity index (χ1) is 13.4. The molecule has 0 unspecified atom stereocenters. The first-order valence-corrected chi connectivity index (χ1v) is 9.34. The molecule has 0 bridgehead atoms. The average molecular weight is 349 g/mol. The van der Waals surface area contributed by atoms with E-state index in [1.54, 1.807) is 0 Å². The van der Waals surface area contributed by atoms with Crippen LogP contribution in [0.25, 0.3) is 21.9 Å². The van der Waals surface area contributed by atoms with Crippen molar-refractivity contribution in [2.45, 2.75) is 60.0 Å². The van der Waals surface area contributed by atoms with Crippen molar-refractivity contribution in [2.24, 2.45) is 0 Å². The lowest BCUT2D eigenvalue weighted by atomic mass is 9.90.